The van der Waals surface area contributed by atoms with Crippen LogP contribution in [0.25, 0.3) is 6.08 Å². The van der Waals surface area contributed by atoms with E-state index in [0.29, 0.717) is 22.3 Å². The molecule has 0 spiro atoms. The number of para-hydroxylation sites is 1. The van der Waals surface area contributed by atoms with Crippen LogP contribution in [0.5, 0.6) is 5.75 Å². The van der Waals surface area contributed by atoms with Crippen LogP contribution in [-0.4, -0.2) is 47.7 Å². The Morgan fingerprint density at radius 3 is 2.88 bits per heavy atom. The maximum atomic E-state index is 12.7. The van der Waals surface area contributed by atoms with Crippen molar-refractivity contribution >= 4 is 50.1 Å². The van der Waals surface area contributed by atoms with Crippen LogP contribution in [0.2, 0.25) is 0 Å². The highest BCUT2D eigenvalue weighted by Crippen LogP contribution is 2.36. The molecule has 2 fully saturated rings. The lowest BCUT2D eigenvalue weighted by atomic mass is 10.1. The molecule has 1 atom stereocenters. The molecule has 3 aliphatic heterocycles. The third-order valence-corrected chi connectivity index (χ3v) is 7.45. The quantitative estimate of drug-likeness (QED) is 0.568. The highest BCUT2D eigenvalue weighted by Gasteiger charge is 2.42. The molecule has 25 heavy (non-hydrogen) atoms. The van der Waals surface area contributed by atoms with Crippen molar-refractivity contribution < 1.29 is 17.9 Å². The Kier molecular flexibility index (Phi) is 4.21. The Bertz CT molecular complexity index is 933. The standard InChI is InChI=1S/C17H15NO4S3/c19-16-15(8-11-7-12-3-1-2-4-14(12)22-9-11)24-17(23)18(16)13-5-6-25(20,21)10-13/h1-4,7-8,13H,5-6,9-10H2/b15-8+/t13-/m1/s1. The number of benzene rings is 1. The van der Waals surface area contributed by atoms with Crippen molar-refractivity contribution in [3.8, 4) is 5.75 Å². The topological polar surface area (TPSA) is 63.7 Å². The number of thioether (sulfide) groups is 1. The number of nitrogens with zero attached hydrogens (tertiary/aromatic N) is 1. The summed E-state index contributed by atoms with van der Waals surface area (Å²) in [5.74, 6) is 0.718. The maximum absolute atomic E-state index is 12.7. The van der Waals surface area contributed by atoms with Crippen molar-refractivity contribution in [2.45, 2.75) is 12.5 Å². The van der Waals surface area contributed by atoms with Crippen LogP contribution >= 0.6 is 24.0 Å². The molecule has 0 aromatic heterocycles. The van der Waals surface area contributed by atoms with Crippen LogP contribution in [0.3, 0.4) is 0 Å². The molecule has 1 aromatic rings. The molecule has 5 nitrogen and oxygen atoms in total. The van der Waals surface area contributed by atoms with Crippen LogP contribution in [0.4, 0.5) is 0 Å². The van der Waals surface area contributed by atoms with Crippen molar-refractivity contribution in [1.29, 1.82) is 0 Å². The Balaban J connectivity index is 1.58. The minimum absolute atomic E-state index is 0.00803. The largest absolute Gasteiger partial charge is 0.488 e. The van der Waals surface area contributed by atoms with Crippen molar-refractivity contribution in [3.63, 3.8) is 0 Å². The molecular formula is C17H15NO4S3. The SMILES string of the molecule is O=C1/C(=C\C2=Cc3ccccc3OC2)SC(=S)N1[C@@H]1CCS(=O)(=O)C1. The highest BCUT2D eigenvalue weighted by molar-refractivity contribution is 8.26. The molecule has 0 bridgehead atoms. The van der Waals surface area contributed by atoms with E-state index in [-0.39, 0.29) is 23.5 Å². The summed E-state index contributed by atoms with van der Waals surface area (Å²) in [4.78, 5) is 14.7. The predicted octanol–water partition coefficient (Wildman–Crippen LogP) is 2.39. The van der Waals surface area contributed by atoms with E-state index in [0.717, 1.165) is 16.9 Å². The third kappa shape index (κ3) is 3.26. The van der Waals surface area contributed by atoms with Gasteiger partial charge >= 0.3 is 0 Å². The van der Waals surface area contributed by atoms with Crippen LogP contribution in [0.15, 0.2) is 40.8 Å². The molecule has 1 amide bonds. The van der Waals surface area contributed by atoms with Crippen LogP contribution in [0.1, 0.15) is 12.0 Å². The van der Waals surface area contributed by atoms with Gasteiger partial charge in [-0.3, -0.25) is 9.69 Å². The molecule has 3 aliphatic rings. The summed E-state index contributed by atoms with van der Waals surface area (Å²) in [7, 11) is -3.07. The van der Waals surface area contributed by atoms with Gasteiger partial charge in [-0.15, -0.1) is 0 Å². The number of hydrogen-bond acceptors (Lipinski definition) is 6. The number of ether oxygens (including phenoxy) is 1. The van der Waals surface area contributed by atoms with Crippen LogP contribution in [-0.2, 0) is 14.6 Å². The number of carbonyl (C=O) groups excluding carboxylic acids is 1. The summed E-state index contributed by atoms with van der Waals surface area (Å²) in [5.41, 5.74) is 1.86. The predicted molar refractivity (Wildman–Crippen MR) is 102 cm³/mol. The minimum Gasteiger partial charge on any atom is -0.488 e. The Morgan fingerprint density at radius 1 is 1.32 bits per heavy atom. The average molecular weight is 394 g/mol. The number of fused-ring (bicyclic) bond motifs is 1. The first kappa shape index (κ1) is 16.8. The molecule has 130 valence electrons. The van der Waals surface area contributed by atoms with Gasteiger partial charge in [0.2, 0.25) is 0 Å². The number of carbonyl (C=O) groups is 1. The average Bonchev–Trinajstić information content (AvgIpc) is 3.06. The Morgan fingerprint density at radius 2 is 2.12 bits per heavy atom. The normalized spacial score (nSPS) is 26.6. The van der Waals surface area contributed by atoms with Gasteiger partial charge in [0, 0.05) is 5.56 Å². The lowest BCUT2D eigenvalue weighted by Crippen LogP contribution is -2.39. The van der Waals surface area contributed by atoms with Crippen molar-refractivity contribution in [2.75, 3.05) is 18.1 Å². The lowest BCUT2D eigenvalue weighted by Gasteiger charge is -2.21. The zero-order valence-electron chi connectivity index (χ0n) is 13.2. The number of thiocarbonyl (C=S) groups is 1. The van der Waals surface area contributed by atoms with E-state index in [9.17, 15) is 13.2 Å². The lowest BCUT2D eigenvalue weighted by molar-refractivity contribution is -0.123. The van der Waals surface area contributed by atoms with Gasteiger partial charge in [-0.05, 0) is 30.2 Å². The van der Waals surface area contributed by atoms with Gasteiger partial charge in [0.15, 0.2) is 9.84 Å². The summed E-state index contributed by atoms with van der Waals surface area (Å²) in [5, 5.41) is 0. The van der Waals surface area contributed by atoms with E-state index in [4.69, 9.17) is 17.0 Å². The third-order valence-electron chi connectivity index (χ3n) is 4.37. The van der Waals surface area contributed by atoms with E-state index in [1.807, 2.05) is 30.3 Å². The Labute approximate surface area is 155 Å². The molecule has 0 saturated carbocycles. The van der Waals surface area contributed by atoms with Gasteiger partial charge in [-0.25, -0.2) is 8.42 Å². The van der Waals surface area contributed by atoms with E-state index in [1.54, 1.807) is 6.08 Å². The highest BCUT2D eigenvalue weighted by atomic mass is 32.2. The maximum Gasteiger partial charge on any atom is 0.266 e. The van der Waals surface area contributed by atoms with E-state index >= 15 is 0 Å². The number of amides is 1. The van der Waals surface area contributed by atoms with E-state index in [1.165, 1.54) is 16.7 Å². The summed E-state index contributed by atoms with van der Waals surface area (Å²) in [6.07, 6.45) is 4.23. The first-order valence-electron chi connectivity index (χ1n) is 7.83. The fraction of sp³-hybridized carbons (Fsp3) is 0.294. The summed E-state index contributed by atoms with van der Waals surface area (Å²) >= 11 is 6.54. The molecule has 1 aromatic carbocycles. The second-order valence-electron chi connectivity index (χ2n) is 6.15. The van der Waals surface area contributed by atoms with Gasteiger partial charge in [-0.1, -0.05) is 42.2 Å². The molecule has 0 radical (unpaired) electrons. The fourth-order valence-electron chi connectivity index (χ4n) is 3.16. The number of hydrogen-bond donors (Lipinski definition) is 0. The molecule has 0 N–H and O–H groups in total. The van der Waals surface area contributed by atoms with E-state index < -0.39 is 9.84 Å². The smallest absolute Gasteiger partial charge is 0.266 e. The molecule has 4 rings (SSSR count). The molecule has 3 heterocycles. The summed E-state index contributed by atoms with van der Waals surface area (Å²) in [6, 6.07) is 7.36. The van der Waals surface area contributed by atoms with E-state index in [2.05, 4.69) is 0 Å². The minimum atomic E-state index is -3.07. The molecule has 8 heteroatoms. The summed E-state index contributed by atoms with van der Waals surface area (Å²) < 4.78 is 29.5. The van der Waals surface area contributed by atoms with Gasteiger partial charge in [0.1, 0.15) is 16.7 Å². The zero-order valence-corrected chi connectivity index (χ0v) is 15.6. The summed E-state index contributed by atoms with van der Waals surface area (Å²) in [6.45, 7) is 0.388. The number of rotatable bonds is 2. The number of sulfone groups is 1. The Hall–Kier alpha value is -1.64. The van der Waals surface area contributed by atoms with Gasteiger partial charge in [-0.2, -0.15) is 0 Å². The van der Waals surface area contributed by atoms with Gasteiger partial charge < -0.3 is 4.74 Å². The van der Waals surface area contributed by atoms with Crippen molar-refractivity contribution in [3.05, 3.63) is 46.4 Å². The van der Waals surface area contributed by atoms with Crippen molar-refractivity contribution in [2.24, 2.45) is 0 Å². The molecule has 2 saturated heterocycles. The first-order chi connectivity index (χ1) is 11.9. The second-order valence-corrected chi connectivity index (χ2v) is 10.1. The second kappa shape index (κ2) is 6.26. The monoisotopic (exact) mass is 393 g/mol. The van der Waals surface area contributed by atoms with Crippen molar-refractivity contribution in [1.82, 2.24) is 4.90 Å². The van der Waals surface area contributed by atoms with Crippen LogP contribution in [0, 0.1) is 0 Å². The van der Waals surface area contributed by atoms with Gasteiger partial charge in [0.25, 0.3) is 5.91 Å². The first-order valence-corrected chi connectivity index (χ1v) is 10.9. The zero-order chi connectivity index (χ0) is 17.6. The molecular weight excluding hydrogens is 378 g/mol. The molecule has 0 aliphatic carbocycles. The fourth-order valence-corrected chi connectivity index (χ4v) is 6.27. The molecule has 0 unspecified atom stereocenters. The van der Waals surface area contributed by atoms with Gasteiger partial charge in [0.05, 0.1) is 22.5 Å². The van der Waals surface area contributed by atoms with Crippen LogP contribution < -0.4 is 4.74 Å².